The van der Waals surface area contributed by atoms with Gasteiger partial charge in [-0.3, -0.25) is 9.59 Å². The summed E-state index contributed by atoms with van der Waals surface area (Å²) >= 11 is 6.12. The molecule has 0 aliphatic carbocycles. The molecular weight excluding hydrogens is 478 g/mol. The minimum Gasteiger partial charge on any atom is -0.490 e. The monoisotopic (exact) mass is 506 g/mol. The highest BCUT2D eigenvalue weighted by Gasteiger charge is 2.42. The van der Waals surface area contributed by atoms with Crippen LogP contribution >= 0.6 is 11.6 Å². The summed E-state index contributed by atoms with van der Waals surface area (Å²) in [6, 6.07) is 8.00. The number of benzene rings is 2. The number of piperidine rings is 1. The highest BCUT2D eigenvalue weighted by Crippen LogP contribution is 2.28. The molecule has 2 aromatic carbocycles. The second-order valence-corrected chi connectivity index (χ2v) is 9.64. The van der Waals surface area contributed by atoms with Gasteiger partial charge >= 0.3 is 0 Å². The van der Waals surface area contributed by atoms with Crippen LogP contribution < -0.4 is 4.74 Å². The predicted octanol–water partition coefficient (Wildman–Crippen LogP) is 4.62. The lowest BCUT2D eigenvalue weighted by Gasteiger charge is -2.43. The van der Waals surface area contributed by atoms with Crippen LogP contribution in [0.4, 0.5) is 8.78 Å². The first-order valence-electron chi connectivity index (χ1n) is 11.8. The summed E-state index contributed by atoms with van der Waals surface area (Å²) in [4.78, 5) is 29.6. The Morgan fingerprint density at radius 1 is 1.03 bits per heavy atom. The maximum Gasteiger partial charge on any atom is 0.254 e. The van der Waals surface area contributed by atoms with Gasteiger partial charge in [-0.1, -0.05) is 11.6 Å². The molecule has 2 amide bonds. The zero-order chi connectivity index (χ0) is 25.0. The molecule has 2 fully saturated rings. The molecule has 0 N–H and O–H groups in total. The lowest BCUT2D eigenvalue weighted by molar-refractivity contribution is -0.153. The first kappa shape index (κ1) is 25.4. The van der Waals surface area contributed by atoms with Crippen molar-refractivity contribution in [1.29, 1.82) is 0 Å². The van der Waals surface area contributed by atoms with Crippen LogP contribution in [0, 0.1) is 18.6 Å². The van der Waals surface area contributed by atoms with Gasteiger partial charge in [0.25, 0.3) is 5.91 Å². The van der Waals surface area contributed by atoms with Gasteiger partial charge in [0, 0.05) is 36.3 Å². The number of carbonyl (C=O) groups excluding carboxylic acids is 2. The van der Waals surface area contributed by atoms with Gasteiger partial charge in [0.15, 0.2) is 0 Å². The molecule has 4 rings (SSSR count). The van der Waals surface area contributed by atoms with Crippen LogP contribution in [0.25, 0.3) is 0 Å². The minimum atomic E-state index is -1.11. The van der Waals surface area contributed by atoms with Gasteiger partial charge in [-0.15, -0.1) is 0 Å². The molecule has 1 atom stereocenters. The van der Waals surface area contributed by atoms with E-state index in [4.69, 9.17) is 21.1 Å². The van der Waals surface area contributed by atoms with Crippen molar-refractivity contribution in [1.82, 2.24) is 9.80 Å². The topological polar surface area (TPSA) is 59.1 Å². The van der Waals surface area contributed by atoms with Gasteiger partial charge < -0.3 is 19.3 Å². The minimum absolute atomic E-state index is 0.0228. The van der Waals surface area contributed by atoms with Crippen molar-refractivity contribution in [3.8, 4) is 5.75 Å². The van der Waals surface area contributed by atoms with E-state index in [1.807, 2.05) is 11.8 Å². The smallest absolute Gasteiger partial charge is 0.254 e. The molecule has 35 heavy (non-hydrogen) atoms. The standard InChI is InChI=1S/C26H29ClF2N2O4/c1-18-11-22(5-6-23(18)27)34-17-26(15-24(32)30-7-3-2-4-8-30)16-31(9-10-35-26)25(33)19-12-20(28)14-21(29)13-19/h5-6,11-14H,2-4,7-10,15-17H2,1H3/t26-/m0/s1. The van der Waals surface area contributed by atoms with E-state index in [-0.39, 0.29) is 44.2 Å². The number of hydrogen-bond donors (Lipinski definition) is 0. The summed E-state index contributed by atoms with van der Waals surface area (Å²) in [7, 11) is 0. The third-order valence-electron chi connectivity index (χ3n) is 6.46. The van der Waals surface area contributed by atoms with E-state index in [1.165, 1.54) is 4.90 Å². The van der Waals surface area contributed by atoms with E-state index < -0.39 is 23.1 Å². The maximum atomic E-state index is 13.7. The molecule has 0 radical (unpaired) electrons. The van der Waals surface area contributed by atoms with Crippen molar-refractivity contribution in [3.63, 3.8) is 0 Å². The Morgan fingerprint density at radius 2 is 1.74 bits per heavy atom. The molecular formula is C26H29ClF2N2O4. The Hall–Kier alpha value is -2.71. The Labute approximate surface area is 208 Å². The van der Waals surface area contributed by atoms with Crippen LogP contribution in [0.2, 0.25) is 5.02 Å². The van der Waals surface area contributed by atoms with Gasteiger partial charge in [-0.25, -0.2) is 8.78 Å². The molecule has 6 nitrogen and oxygen atoms in total. The Balaban J connectivity index is 1.56. The Bertz CT molecular complexity index is 1070. The van der Waals surface area contributed by atoms with Gasteiger partial charge in [0.2, 0.25) is 5.91 Å². The fourth-order valence-electron chi connectivity index (χ4n) is 4.58. The van der Waals surface area contributed by atoms with Crippen LogP contribution in [-0.2, 0) is 9.53 Å². The zero-order valence-electron chi connectivity index (χ0n) is 19.7. The average molecular weight is 507 g/mol. The first-order valence-corrected chi connectivity index (χ1v) is 12.2. The summed E-state index contributed by atoms with van der Waals surface area (Å²) in [5.74, 6) is -1.67. The van der Waals surface area contributed by atoms with Crippen LogP contribution in [-0.4, -0.2) is 66.6 Å². The molecule has 0 saturated carbocycles. The van der Waals surface area contributed by atoms with Crippen LogP contribution in [0.5, 0.6) is 5.75 Å². The van der Waals surface area contributed by atoms with E-state index in [1.54, 1.807) is 18.2 Å². The lowest BCUT2D eigenvalue weighted by Crippen LogP contribution is -2.58. The molecule has 0 bridgehead atoms. The average Bonchev–Trinajstić information content (AvgIpc) is 2.84. The molecule has 0 aromatic heterocycles. The van der Waals surface area contributed by atoms with E-state index in [2.05, 4.69) is 0 Å². The molecule has 2 aliphatic rings. The molecule has 2 saturated heterocycles. The normalized spacial score (nSPS) is 20.6. The highest BCUT2D eigenvalue weighted by molar-refractivity contribution is 6.31. The molecule has 0 unspecified atom stereocenters. The van der Waals surface area contributed by atoms with Gasteiger partial charge in [-0.2, -0.15) is 0 Å². The quantitative estimate of drug-likeness (QED) is 0.573. The number of ether oxygens (including phenoxy) is 2. The van der Waals surface area contributed by atoms with Crippen molar-refractivity contribution in [3.05, 3.63) is 64.2 Å². The molecule has 9 heteroatoms. The summed E-state index contributed by atoms with van der Waals surface area (Å²) < 4.78 is 39.6. The van der Waals surface area contributed by atoms with Crippen molar-refractivity contribution < 1.29 is 27.8 Å². The van der Waals surface area contributed by atoms with E-state index in [9.17, 15) is 18.4 Å². The van der Waals surface area contributed by atoms with Crippen LogP contribution in [0.1, 0.15) is 41.6 Å². The maximum absolute atomic E-state index is 13.7. The second kappa shape index (κ2) is 10.9. The van der Waals surface area contributed by atoms with Crippen molar-refractivity contribution in [2.24, 2.45) is 0 Å². The number of morpholine rings is 1. The summed E-state index contributed by atoms with van der Waals surface area (Å²) in [6.07, 6.45) is 3.03. The van der Waals surface area contributed by atoms with Gasteiger partial charge in [0.05, 0.1) is 19.6 Å². The van der Waals surface area contributed by atoms with Crippen LogP contribution in [0.15, 0.2) is 36.4 Å². The number of aryl methyl sites for hydroxylation is 1. The number of hydrogen-bond acceptors (Lipinski definition) is 4. The molecule has 2 aromatic rings. The Morgan fingerprint density at radius 3 is 2.43 bits per heavy atom. The SMILES string of the molecule is Cc1cc(OC[C@]2(CC(=O)N3CCCCC3)CN(C(=O)c3cc(F)cc(F)c3)CCO2)ccc1Cl. The first-order chi connectivity index (χ1) is 16.7. The number of amides is 2. The molecule has 2 heterocycles. The number of carbonyl (C=O) groups is 2. The van der Waals surface area contributed by atoms with Crippen molar-refractivity contribution >= 4 is 23.4 Å². The number of rotatable bonds is 6. The third kappa shape index (κ3) is 6.30. The Kier molecular flexibility index (Phi) is 7.91. The van der Waals surface area contributed by atoms with Gasteiger partial charge in [-0.05, 0) is 62.1 Å². The number of nitrogens with zero attached hydrogens (tertiary/aromatic N) is 2. The third-order valence-corrected chi connectivity index (χ3v) is 6.88. The van der Waals surface area contributed by atoms with Crippen LogP contribution in [0.3, 0.4) is 0 Å². The molecule has 2 aliphatic heterocycles. The van der Waals surface area contributed by atoms with Crippen molar-refractivity contribution in [2.75, 3.05) is 39.4 Å². The van der Waals surface area contributed by atoms with E-state index >= 15 is 0 Å². The van der Waals surface area contributed by atoms with Crippen molar-refractivity contribution in [2.45, 2.75) is 38.2 Å². The number of likely N-dealkylation sites (tertiary alicyclic amines) is 1. The van der Waals surface area contributed by atoms with Gasteiger partial charge in [0.1, 0.15) is 29.6 Å². The van der Waals surface area contributed by atoms with E-state index in [0.29, 0.717) is 23.9 Å². The number of halogens is 3. The van der Waals surface area contributed by atoms with E-state index in [0.717, 1.165) is 43.0 Å². The highest BCUT2D eigenvalue weighted by atomic mass is 35.5. The molecule has 188 valence electrons. The fourth-order valence-corrected chi connectivity index (χ4v) is 4.69. The summed E-state index contributed by atoms with van der Waals surface area (Å²) in [5, 5.41) is 0.611. The summed E-state index contributed by atoms with van der Waals surface area (Å²) in [5.41, 5.74) is -0.353. The predicted molar refractivity (Wildman–Crippen MR) is 128 cm³/mol. The fraction of sp³-hybridized carbons (Fsp3) is 0.462. The second-order valence-electron chi connectivity index (χ2n) is 9.23. The zero-order valence-corrected chi connectivity index (χ0v) is 20.5. The molecule has 0 spiro atoms. The summed E-state index contributed by atoms with van der Waals surface area (Å²) in [6.45, 7) is 3.72. The lowest BCUT2D eigenvalue weighted by atomic mass is 9.95. The largest absolute Gasteiger partial charge is 0.490 e.